The van der Waals surface area contributed by atoms with Crippen molar-refractivity contribution in [1.82, 2.24) is 0 Å². The van der Waals surface area contributed by atoms with Crippen molar-refractivity contribution in [3.8, 4) is 0 Å². The molecular weight excluding hydrogens is 391 g/mol. The number of carbonyl (C=O) groups is 2. The van der Waals surface area contributed by atoms with E-state index in [2.05, 4.69) is 14.8 Å². The fourth-order valence-corrected chi connectivity index (χ4v) is 4.27. The molecule has 1 saturated heterocycles. The Morgan fingerprint density at radius 3 is 2.13 bits per heavy atom. The quantitative estimate of drug-likeness (QED) is 0.481. The minimum absolute atomic E-state index is 0.0241. The molecule has 164 valence electrons. The van der Waals surface area contributed by atoms with Crippen molar-refractivity contribution in [2.24, 2.45) is 17.3 Å². The van der Waals surface area contributed by atoms with Crippen molar-refractivity contribution < 1.29 is 23.8 Å². The van der Waals surface area contributed by atoms with Gasteiger partial charge in [-0.1, -0.05) is 80.3 Å². The maximum atomic E-state index is 13.2. The SMILES string of the molecule is B[C@H](C)C1COC[C@@](C)(CC(=O)OCc2ccccc2)C1C(=O)OCc1ccccc1. The Bertz CT molecular complexity index is 855. The second-order valence-electron chi connectivity index (χ2n) is 8.97. The van der Waals surface area contributed by atoms with Gasteiger partial charge in [-0.2, -0.15) is 0 Å². The van der Waals surface area contributed by atoms with E-state index in [1.54, 1.807) is 0 Å². The van der Waals surface area contributed by atoms with Gasteiger partial charge >= 0.3 is 11.9 Å². The third kappa shape index (κ3) is 6.20. The normalized spacial score (nSPS) is 24.2. The molecule has 0 radical (unpaired) electrons. The molecule has 6 heteroatoms. The van der Waals surface area contributed by atoms with Gasteiger partial charge < -0.3 is 14.2 Å². The van der Waals surface area contributed by atoms with Gasteiger partial charge in [0.25, 0.3) is 0 Å². The molecule has 1 aliphatic rings. The number of hydrogen-bond donors (Lipinski definition) is 0. The Morgan fingerprint density at radius 2 is 1.58 bits per heavy atom. The molecule has 4 atom stereocenters. The van der Waals surface area contributed by atoms with Crippen LogP contribution < -0.4 is 0 Å². The van der Waals surface area contributed by atoms with Crippen molar-refractivity contribution in [2.45, 2.75) is 39.3 Å². The van der Waals surface area contributed by atoms with E-state index in [0.717, 1.165) is 11.1 Å². The monoisotopic (exact) mass is 422 g/mol. The third-order valence-electron chi connectivity index (χ3n) is 6.05. The van der Waals surface area contributed by atoms with Crippen molar-refractivity contribution in [3.63, 3.8) is 0 Å². The van der Waals surface area contributed by atoms with Gasteiger partial charge in [0.2, 0.25) is 0 Å². The van der Waals surface area contributed by atoms with Gasteiger partial charge in [-0.15, -0.1) is 0 Å². The van der Waals surface area contributed by atoms with E-state index in [0.29, 0.717) is 13.2 Å². The molecule has 31 heavy (non-hydrogen) atoms. The first-order chi connectivity index (χ1) is 14.9. The molecule has 2 aromatic rings. The summed E-state index contributed by atoms with van der Waals surface area (Å²) in [7, 11) is 2.07. The zero-order valence-corrected chi connectivity index (χ0v) is 18.6. The van der Waals surface area contributed by atoms with Crippen molar-refractivity contribution in [3.05, 3.63) is 71.8 Å². The zero-order valence-electron chi connectivity index (χ0n) is 18.6. The molecule has 0 amide bonds. The maximum Gasteiger partial charge on any atom is 0.310 e. The summed E-state index contributed by atoms with van der Waals surface area (Å²) in [4.78, 5) is 25.9. The molecule has 0 N–H and O–H groups in total. The highest BCUT2D eigenvalue weighted by Gasteiger charge is 2.50. The van der Waals surface area contributed by atoms with Crippen molar-refractivity contribution >= 4 is 19.8 Å². The van der Waals surface area contributed by atoms with Gasteiger partial charge in [0, 0.05) is 12.0 Å². The minimum atomic E-state index is -0.686. The zero-order chi connectivity index (χ0) is 22.3. The summed E-state index contributed by atoms with van der Waals surface area (Å²) in [5, 5.41) is 0. The molecule has 2 aromatic carbocycles. The van der Waals surface area contributed by atoms with E-state index in [4.69, 9.17) is 14.2 Å². The molecule has 5 nitrogen and oxygen atoms in total. The summed E-state index contributed by atoms with van der Waals surface area (Å²) in [5.41, 5.74) is 1.18. The first kappa shape index (κ1) is 23.1. The summed E-state index contributed by atoms with van der Waals surface area (Å²) in [6.45, 7) is 5.24. The number of carbonyl (C=O) groups excluding carboxylic acids is 2. The van der Waals surface area contributed by atoms with Crippen molar-refractivity contribution in [1.29, 1.82) is 0 Å². The summed E-state index contributed by atoms with van der Waals surface area (Å²) < 4.78 is 17.1. The number of benzene rings is 2. The lowest BCUT2D eigenvalue weighted by Crippen LogP contribution is -2.50. The van der Waals surface area contributed by atoms with E-state index in [9.17, 15) is 9.59 Å². The van der Waals surface area contributed by atoms with Gasteiger partial charge in [-0.05, 0) is 17.0 Å². The number of esters is 2. The highest BCUT2D eigenvalue weighted by Crippen LogP contribution is 2.45. The Labute approximate surface area is 185 Å². The lowest BCUT2D eigenvalue weighted by molar-refractivity contribution is -0.175. The summed E-state index contributed by atoms with van der Waals surface area (Å²) in [6, 6.07) is 19.2. The molecule has 0 bridgehead atoms. The molecule has 0 spiro atoms. The molecule has 0 aliphatic carbocycles. The number of ether oxygens (including phenoxy) is 3. The van der Waals surface area contributed by atoms with E-state index in [-0.39, 0.29) is 43.3 Å². The summed E-state index contributed by atoms with van der Waals surface area (Å²) in [6.07, 6.45) is 0.105. The van der Waals surface area contributed by atoms with E-state index in [1.807, 2.05) is 67.6 Å². The first-order valence-corrected chi connectivity index (χ1v) is 10.9. The standard InChI is InChI=1S/C25H31BO5/c1-18(26)21-16-29-17-25(2,13-22(27)30-14-19-9-5-3-6-10-19)23(21)24(28)31-15-20-11-7-4-8-12-20/h3-12,18,21,23H,13-17,26H2,1-2H3/t18-,21?,23?,25-/m1/s1. The highest BCUT2D eigenvalue weighted by atomic mass is 16.5. The van der Waals surface area contributed by atoms with E-state index in [1.165, 1.54) is 0 Å². The lowest BCUT2D eigenvalue weighted by atomic mass is 9.61. The largest absolute Gasteiger partial charge is 0.461 e. The Balaban J connectivity index is 1.69. The predicted molar refractivity (Wildman–Crippen MR) is 121 cm³/mol. The van der Waals surface area contributed by atoms with E-state index < -0.39 is 11.3 Å². The van der Waals surface area contributed by atoms with Crippen LogP contribution in [-0.4, -0.2) is 33.0 Å². The van der Waals surface area contributed by atoms with Crippen LogP contribution in [0.25, 0.3) is 0 Å². The molecule has 1 aliphatic heterocycles. The molecule has 0 saturated carbocycles. The van der Waals surface area contributed by atoms with Crippen LogP contribution in [0.2, 0.25) is 5.82 Å². The molecule has 1 fully saturated rings. The molecule has 1 heterocycles. The second-order valence-corrected chi connectivity index (χ2v) is 8.97. The Hall–Kier alpha value is -2.60. The molecule has 2 unspecified atom stereocenters. The van der Waals surface area contributed by atoms with E-state index >= 15 is 0 Å². The van der Waals surface area contributed by atoms with Crippen LogP contribution >= 0.6 is 0 Å². The average molecular weight is 422 g/mol. The van der Waals surface area contributed by atoms with Gasteiger partial charge in [0.15, 0.2) is 0 Å². The highest BCUT2D eigenvalue weighted by molar-refractivity contribution is 6.11. The summed E-state index contributed by atoms with van der Waals surface area (Å²) >= 11 is 0. The lowest BCUT2D eigenvalue weighted by Gasteiger charge is -2.45. The van der Waals surface area contributed by atoms with Crippen LogP contribution in [0.4, 0.5) is 0 Å². The number of hydrogen-bond acceptors (Lipinski definition) is 5. The topological polar surface area (TPSA) is 61.8 Å². The minimum Gasteiger partial charge on any atom is -0.461 e. The van der Waals surface area contributed by atoms with Gasteiger partial charge in [0.1, 0.15) is 21.1 Å². The average Bonchev–Trinajstić information content (AvgIpc) is 2.77. The molecular formula is C25H31BO5. The first-order valence-electron chi connectivity index (χ1n) is 10.9. The predicted octanol–water partition coefficient (Wildman–Crippen LogP) is 3.57. The van der Waals surface area contributed by atoms with Crippen LogP contribution in [-0.2, 0) is 37.0 Å². The van der Waals surface area contributed by atoms with Crippen LogP contribution in [0, 0.1) is 17.3 Å². The van der Waals surface area contributed by atoms with Crippen LogP contribution in [0.3, 0.4) is 0 Å². The molecule has 3 rings (SSSR count). The second kappa shape index (κ2) is 10.6. The Morgan fingerprint density at radius 1 is 1.03 bits per heavy atom. The van der Waals surface area contributed by atoms with Gasteiger partial charge in [0.05, 0.1) is 18.9 Å². The van der Waals surface area contributed by atoms with Crippen LogP contribution in [0.1, 0.15) is 31.4 Å². The molecule has 0 aromatic heterocycles. The van der Waals surface area contributed by atoms with Crippen molar-refractivity contribution in [2.75, 3.05) is 13.2 Å². The van der Waals surface area contributed by atoms with Crippen LogP contribution in [0.15, 0.2) is 60.7 Å². The fourth-order valence-electron chi connectivity index (χ4n) is 4.27. The maximum absolute atomic E-state index is 13.2. The van der Waals surface area contributed by atoms with Crippen LogP contribution in [0.5, 0.6) is 0 Å². The fraction of sp³-hybridized carbons (Fsp3) is 0.440. The number of rotatable bonds is 8. The smallest absolute Gasteiger partial charge is 0.310 e. The van der Waals surface area contributed by atoms with Gasteiger partial charge in [-0.3, -0.25) is 9.59 Å². The summed E-state index contributed by atoms with van der Waals surface area (Å²) in [5.74, 6) is -0.850. The van der Waals surface area contributed by atoms with Gasteiger partial charge in [-0.25, -0.2) is 0 Å². The Kier molecular flexibility index (Phi) is 7.91. The third-order valence-corrected chi connectivity index (χ3v) is 6.05.